The van der Waals surface area contributed by atoms with Crippen LogP contribution in [-0.2, 0) is 6.54 Å². The molecule has 0 fully saturated rings. The van der Waals surface area contributed by atoms with Crippen molar-refractivity contribution < 1.29 is 4.79 Å². The van der Waals surface area contributed by atoms with Crippen LogP contribution < -0.4 is 10.6 Å². The SMILES string of the molecule is Cc1ccc(NC(=O)c2ccnc(NCc3ccccc3C)n2)c(C)c1. The number of carbonyl (C=O) groups is 1. The van der Waals surface area contributed by atoms with E-state index >= 15 is 0 Å². The van der Waals surface area contributed by atoms with Crippen molar-refractivity contribution in [2.24, 2.45) is 0 Å². The molecule has 0 unspecified atom stereocenters. The summed E-state index contributed by atoms with van der Waals surface area (Å²) in [5, 5.41) is 6.08. The van der Waals surface area contributed by atoms with Crippen LogP contribution in [0.2, 0.25) is 0 Å². The maximum absolute atomic E-state index is 12.5. The molecule has 5 nitrogen and oxygen atoms in total. The Balaban J connectivity index is 1.70. The lowest BCUT2D eigenvalue weighted by Crippen LogP contribution is -2.16. The van der Waals surface area contributed by atoms with Crippen LogP contribution in [0.25, 0.3) is 0 Å². The van der Waals surface area contributed by atoms with Gasteiger partial charge in [-0.05, 0) is 49.6 Å². The van der Waals surface area contributed by atoms with Crippen molar-refractivity contribution in [3.63, 3.8) is 0 Å². The molecule has 132 valence electrons. The average Bonchev–Trinajstić information content (AvgIpc) is 2.63. The highest BCUT2D eigenvalue weighted by atomic mass is 16.1. The van der Waals surface area contributed by atoms with Gasteiger partial charge in [0.1, 0.15) is 5.69 Å². The van der Waals surface area contributed by atoms with Crippen molar-refractivity contribution in [3.8, 4) is 0 Å². The van der Waals surface area contributed by atoms with E-state index in [1.165, 1.54) is 11.1 Å². The summed E-state index contributed by atoms with van der Waals surface area (Å²) in [6.07, 6.45) is 1.59. The van der Waals surface area contributed by atoms with E-state index in [9.17, 15) is 4.79 Å². The molecule has 2 aromatic carbocycles. The number of benzene rings is 2. The van der Waals surface area contributed by atoms with Gasteiger partial charge in [0.2, 0.25) is 5.95 Å². The third-order valence-corrected chi connectivity index (χ3v) is 4.22. The third-order valence-electron chi connectivity index (χ3n) is 4.22. The van der Waals surface area contributed by atoms with Crippen LogP contribution >= 0.6 is 0 Å². The van der Waals surface area contributed by atoms with Gasteiger partial charge in [-0.1, -0.05) is 42.0 Å². The normalized spacial score (nSPS) is 10.4. The Hall–Kier alpha value is -3.21. The first-order valence-corrected chi connectivity index (χ1v) is 8.53. The molecule has 0 aliphatic carbocycles. The maximum Gasteiger partial charge on any atom is 0.274 e. The van der Waals surface area contributed by atoms with Gasteiger partial charge in [0, 0.05) is 18.4 Å². The van der Waals surface area contributed by atoms with E-state index in [4.69, 9.17) is 0 Å². The largest absolute Gasteiger partial charge is 0.350 e. The summed E-state index contributed by atoms with van der Waals surface area (Å²) in [6, 6.07) is 15.6. The number of hydrogen-bond acceptors (Lipinski definition) is 4. The minimum atomic E-state index is -0.252. The highest BCUT2D eigenvalue weighted by Gasteiger charge is 2.11. The molecule has 0 atom stereocenters. The molecule has 0 saturated carbocycles. The molecule has 2 N–H and O–H groups in total. The quantitative estimate of drug-likeness (QED) is 0.724. The summed E-state index contributed by atoms with van der Waals surface area (Å²) in [7, 11) is 0. The summed E-state index contributed by atoms with van der Waals surface area (Å²) >= 11 is 0. The Morgan fingerprint density at radius 2 is 1.81 bits per heavy atom. The van der Waals surface area contributed by atoms with Crippen LogP contribution in [0.5, 0.6) is 0 Å². The maximum atomic E-state index is 12.5. The van der Waals surface area contributed by atoms with E-state index in [1.54, 1.807) is 12.3 Å². The van der Waals surface area contributed by atoms with E-state index in [1.807, 2.05) is 44.2 Å². The number of rotatable bonds is 5. The monoisotopic (exact) mass is 346 g/mol. The highest BCUT2D eigenvalue weighted by Crippen LogP contribution is 2.17. The van der Waals surface area contributed by atoms with Crippen molar-refractivity contribution in [1.29, 1.82) is 0 Å². The minimum Gasteiger partial charge on any atom is -0.350 e. The van der Waals surface area contributed by atoms with Crippen molar-refractivity contribution in [2.75, 3.05) is 10.6 Å². The number of aromatic nitrogens is 2. The van der Waals surface area contributed by atoms with Gasteiger partial charge in [-0.25, -0.2) is 9.97 Å². The van der Waals surface area contributed by atoms with Crippen LogP contribution in [-0.4, -0.2) is 15.9 Å². The average molecular weight is 346 g/mol. The number of anilines is 2. The minimum absolute atomic E-state index is 0.252. The number of nitrogens with zero attached hydrogens (tertiary/aromatic N) is 2. The van der Waals surface area contributed by atoms with E-state index in [2.05, 4.69) is 39.7 Å². The van der Waals surface area contributed by atoms with E-state index in [0.29, 0.717) is 18.2 Å². The molecule has 26 heavy (non-hydrogen) atoms. The Labute approximate surface area is 153 Å². The molecule has 0 bridgehead atoms. The van der Waals surface area contributed by atoms with Gasteiger partial charge in [0.05, 0.1) is 0 Å². The van der Waals surface area contributed by atoms with Gasteiger partial charge in [-0.3, -0.25) is 4.79 Å². The molecule has 0 saturated heterocycles. The summed E-state index contributed by atoms with van der Waals surface area (Å²) in [6.45, 7) is 6.66. The highest BCUT2D eigenvalue weighted by molar-refractivity contribution is 6.03. The van der Waals surface area contributed by atoms with E-state index in [-0.39, 0.29) is 5.91 Å². The lowest BCUT2D eigenvalue weighted by Gasteiger charge is -2.10. The Bertz CT molecular complexity index is 937. The molecule has 0 aliphatic rings. The number of amides is 1. The fourth-order valence-corrected chi connectivity index (χ4v) is 2.69. The molecule has 1 heterocycles. The van der Waals surface area contributed by atoms with Gasteiger partial charge >= 0.3 is 0 Å². The Kier molecular flexibility index (Phi) is 5.27. The standard InChI is InChI=1S/C21H22N4O/c1-14-8-9-18(16(3)12-14)24-20(26)19-10-11-22-21(25-19)23-13-17-7-5-4-6-15(17)2/h4-12H,13H2,1-3H3,(H,24,26)(H,22,23,25). The predicted molar refractivity (Wildman–Crippen MR) is 104 cm³/mol. The molecule has 3 rings (SSSR count). The second-order valence-electron chi connectivity index (χ2n) is 6.32. The molecule has 3 aromatic rings. The van der Waals surface area contributed by atoms with E-state index in [0.717, 1.165) is 16.8 Å². The van der Waals surface area contributed by atoms with Gasteiger partial charge in [-0.2, -0.15) is 0 Å². The van der Waals surface area contributed by atoms with Crippen LogP contribution in [0.3, 0.4) is 0 Å². The molecule has 0 aliphatic heterocycles. The second kappa shape index (κ2) is 7.78. The zero-order chi connectivity index (χ0) is 18.5. The summed E-state index contributed by atoms with van der Waals surface area (Å²) < 4.78 is 0. The van der Waals surface area contributed by atoms with Gasteiger partial charge in [0.25, 0.3) is 5.91 Å². The first kappa shape index (κ1) is 17.6. The fraction of sp³-hybridized carbons (Fsp3) is 0.190. The smallest absolute Gasteiger partial charge is 0.274 e. The van der Waals surface area contributed by atoms with Crippen LogP contribution in [0, 0.1) is 20.8 Å². The fourth-order valence-electron chi connectivity index (χ4n) is 2.69. The summed E-state index contributed by atoms with van der Waals surface area (Å²) in [5.74, 6) is 0.180. The molecule has 5 heteroatoms. The number of hydrogen-bond donors (Lipinski definition) is 2. The van der Waals surface area contributed by atoms with Crippen LogP contribution in [0.15, 0.2) is 54.7 Å². The number of aryl methyl sites for hydroxylation is 3. The lowest BCUT2D eigenvalue weighted by molar-refractivity contribution is 0.102. The molecular weight excluding hydrogens is 324 g/mol. The topological polar surface area (TPSA) is 66.9 Å². The first-order valence-electron chi connectivity index (χ1n) is 8.53. The summed E-state index contributed by atoms with van der Waals surface area (Å²) in [4.78, 5) is 21.0. The van der Waals surface area contributed by atoms with Crippen molar-refractivity contribution in [3.05, 3.63) is 82.7 Å². The third kappa shape index (κ3) is 4.25. The Morgan fingerprint density at radius 1 is 1.00 bits per heavy atom. The second-order valence-corrected chi connectivity index (χ2v) is 6.32. The van der Waals surface area contributed by atoms with Crippen molar-refractivity contribution >= 4 is 17.5 Å². The molecule has 0 spiro atoms. The molecule has 1 amide bonds. The van der Waals surface area contributed by atoms with Crippen molar-refractivity contribution in [1.82, 2.24) is 9.97 Å². The first-order chi connectivity index (χ1) is 12.5. The van der Waals surface area contributed by atoms with Crippen LogP contribution in [0.4, 0.5) is 11.6 Å². The van der Waals surface area contributed by atoms with Crippen LogP contribution in [0.1, 0.15) is 32.7 Å². The number of carbonyl (C=O) groups excluding carboxylic acids is 1. The lowest BCUT2D eigenvalue weighted by atomic mass is 10.1. The van der Waals surface area contributed by atoms with Gasteiger partial charge < -0.3 is 10.6 Å². The molecule has 1 aromatic heterocycles. The number of nitrogens with one attached hydrogen (secondary N) is 2. The predicted octanol–water partition coefficient (Wildman–Crippen LogP) is 4.27. The van der Waals surface area contributed by atoms with Gasteiger partial charge in [0.15, 0.2) is 0 Å². The van der Waals surface area contributed by atoms with Crippen molar-refractivity contribution in [2.45, 2.75) is 27.3 Å². The zero-order valence-electron chi connectivity index (χ0n) is 15.2. The zero-order valence-corrected chi connectivity index (χ0v) is 15.2. The van der Waals surface area contributed by atoms with E-state index < -0.39 is 0 Å². The van der Waals surface area contributed by atoms with Gasteiger partial charge in [-0.15, -0.1) is 0 Å². The molecule has 0 radical (unpaired) electrons. The summed E-state index contributed by atoms with van der Waals surface area (Å²) in [5.41, 5.74) is 5.65. The Morgan fingerprint density at radius 3 is 2.58 bits per heavy atom. The molecular formula is C21H22N4O.